The lowest BCUT2D eigenvalue weighted by molar-refractivity contribution is -0.385. The summed E-state index contributed by atoms with van der Waals surface area (Å²) in [5.41, 5.74) is 2.95. The lowest BCUT2D eigenvalue weighted by atomic mass is 10.1. The second-order valence-electron chi connectivity index (χ2n) is 10.4. The Labute approximate surface area is 275 Å². The summed E-state index contributed by atoms with van der Waals surface area (Å²) in [6.07, 6.45) is 1.27. The predicted molar refractivity (Wildman–Crippen MR) is 185 cm³/mol. The fraction of sp³-hybridized carbons (Fsp3) is 0.0541. The molecule has 0 fully saturated rings. The Hall–Kier alpha value is -6.00. The van der Waals surface area contributed by atoms with Crippen LogP contribution in [-0.2, 0) is 9.59 Å². The van der Waals surface area contributed by atoms with Crippen molar-refractivity contribution in [3.8, 4) is 0 Å². The van der Waals surface area contributed by atoms with Gasteiger partial charge in [0.1, 0.15) is 10.9 Å². The molecule has 0 saturated carbocycles. The van der Waals surface area contributed by atoms with Crippen LogP contribution in [0.15, 0.2) is 144 Å². The van der Waals surface area contributed by atoms with Crippen LogP contribution in [0.1, 0.15) is 32.3 Å². The Morgan fingerprint density at radius 3 is 2.09 bits per heavy atom. The number of carbonyl (C=O) groups is 3. The number of para-hydroxylation sites is 1. The number of hydrogen-bond acceptors (Lipinski definition) is 6. The number of nitro groups is 1. The number of nitrogens with zero attached hydrogens (tertiary/aromatic N) is 1. The molecule has 0 aliphatic carbocycles. The maximum absolute atomic E-state index is 13.6. The van der Waals surface area contributed by atoms with Gasteiger partial charge in [-0.15, -0.1) is 11.8 Å². The zero-order valence-corrected chi connectivity index (χ0v) is 26.1. The van der Waals surface area contributed by atoms with Gasteiger partial charge in [0.05, 0.1) is 10.5 Å². The maximum Gasteiger partial charge on any atom is 0.276 e. The zero-order valence-electron chi connectivity index (χ0n) is 25.3. The molecule has 3 N–H and O–H groups in total. The molecule has 0 heterocycles. The maximum atomic E-state index is 13.6. The molecule has 5 aromatic rings. The van der Waals surface area contributed by atoms with Crippen molar-refractivity contribution in [2.24, 2.45) is 0 Å². The topological polar surface area (TPSA) is 130 Å². The first-order valence-electron chi connectivity index (χ1n) is 14.6. The molecule has 0 aliphatic rings. The van der Waals surface area contributed by atoms with Crippen LogP contribution in [0.4, 0.5) is 17.1 Å². The van der Waals surface area contributed by atoms with Gasteiger partial charge in [0, 0.05) is 27.9 Å². The fourth-order valence-electron chi connectivity index (χ4n) is 4.69. The predicted octanol–water partition coefficient (Wildman–Crippen LogP) is 7.78. The van der Waals surface area contributed by atoms with E-state index in [1.165, 1.54) is 36.0 Å². The van der Waals surface area contributed by atoms with Crippen molar-refractivity contribution in [3.05, 3.63) is 172 Å². The Morgan fingerprint density at radius 2 is 1.38 bits per heavy atom. The van der Waals surface area contributed by atoms with Crippen molar-refractivity contribution in [3.63, 3.8) is 0 Å². The molecule has 0 spiro atoms. The molecule has 0 saturated heterocycles. The first-order valence-corrected chi connectivity index (χ1v) is 15.5. The molecule has 5 rings (SSSR count). The van der Waals surface area contributed by atoms with Crippen molar-refractivity contribution < 1.29 is 19.3 Å². The van der Waals surface area contributed by atoms with Crippen LogP contribution in [-0.4, -0.2) is 22.6 Å². The highest BCUT2D eigenvalue weighted by Gasteiger charge is 2.23. The first kappa shape index (κ1) is 32.4. The SMILES string of the molecule is Cc1cccc(NC(=O)C(Sc2cccc(NC(=O)/C(=C\c3ccccc3[N+](=O)[O-])NC(=O)c3ccccc3)c2)c2ccccc2)c1. The normalized spacial score (nSPS) is 11.6. The number of anilines is 2. The van der Waals surface area contributed by atoms with E-state index in [2.05, 4.69) is 16.0 Å². The van der Waals surface area contributed by atoms with Gasteiger partial charge in [0.25, 0.3) is 17.5 Å². The molecule has 10 heteroatoms. The van der Waals surface area contributed by atoms with E-state index in [-0.39, 0.29) is 22.9 Å². The van der Waals surface area contributed by atoms with Crippen LogP contribution in [0.2, 0.25) is 0 Å². The van der Waals surface area contributed by atoms with E-state index in [1.54, 1.807) is 54.6 Å². The van der Waals surface area contributed by atoms with Gasteiger partial charge in [0.2, 0.25) is 5.91 Å². The third-order valence-electron chi connectivity index (χ3n) is 6.93. The largest absolute Gasteiger partial charge is 0.325 e. The quantitative estimate of drug-likeness (QED) is 0.0584. The van der Waals surface area contributed by atoms with Crippen molar-refractivity contribution in [1.29, 1.82) is 0 Å². The van der Waals surface area contributed by atoms with Crippen molar-refractivity contribution in [2.45, 2.75) is 17.1 Å². The summed E-state index contributed by atoms with van der Waals surface area (Å²) >= 11 is 1.32. The van der Waals surface area contributed by atoms with E-state index in [9.17, 15) is 24.5 Å². The zero-order chi connectivity index (χ0) is 33.2. The molecule has 0 aromatic heterocycles. The van der Waals surface area contributed by atoms with E-state index in [4.69, 9.17) is 0 Å². The average molecular weight is 643 g/mol. The number of nitro benzene ring substituents is 1. The van der Waals surface area contributed by atoms with Crippen LogP contribution in [0, 0.1) is 17.0 Å². The molecule has 47 heavy (non-hydrogen) atoms. The summed E-state index contributed by atoms with van der Waals surface area (Å²) in [6, 6.07) is 38.2. The van der Waals surface area contributed by atoms with Crippen molar-refractivity contribution >= 4 is 52.6 Å². The molecule has 3 amide bonds. The van der Waals surface area contributed by atoms with Crippen molar-refractivity contribution in [2.75, 3.05) is 10.6 Å². The second-order valence-corrected chi connectivity index (χ2v) is 11.6. The highest BCUT2D eigenvalue weighted by atomic mass is 32.2. The third-order valence-corrected chi connectivity index (χ3v) is 8.18. The highest BCUT2D eigenvalue weighted by molar-refractivity contribution is 8.00. The summed E-state index contributed by atoms with van der Waals surface area (Å²) < 4.78 is 0. The number of carbonyl (C=O) groups excluding carboxylic acids is 3. The molecule has 234 valence electrons. The van der Waals surface area contributed by atoms with Crippen molar-refractivity contribution in [1.82, 2.24) is 5.32 Å². The Bertz CT molecular complexity index is 1950. The highest BCUT2D eigenvalue weighted by Crippen LogP contribution is 2.37. The molecule has 9 nitrogen and oxygen atoms in total. The fourth-order valence-corrected chi connectivity index (χ4v) is 5.77. The van der Waals surface area contributed by atoms with Gasteiger partial charge < -0.3 is 16.0 Å². The van der Waals surface area contributed by atoms with Crippen LogP contribution >= 0.6 is 11.8 Å². The van der Waals surface area contributed by atoms with E-state index >= 15 is 0 Å². The molecule has 5 aromatic carbocycles. The monoisotopic (exact) mass is 642 g/mol. The van der Waals surface area contributed by atoms with E-state index in [0.717, 1.165) is 11.1 Å². The van der Waals surface area contributed by atoms with Gasteiger partial charge in [0.15, 0.2) is 0 Å². The summed E-state index contributed by atoms with van der Waals surface area (Å²) in [4.78, 5) is 52.0. The number of thioether (sulfide) groups is 1. The average Bonchev–Trinajstić information content (AvgIpc) is 3.08. The van der Waals surface area contributed by atoms with Gasteiger partial charge in [-0.1, -0.05) is 78.9 Å². The minimum Gasteiger partial charge on any atom is -0.325 e. The number of benzene rings is 5. The Kier molecular flexibility index (Phi) is 10.6. The van der Waals surface area contributed by atoms with Gasteiger partial charge in [-0.3, -0.25) is 24.5 Å². The molecular formula is C37H30N4O5S. The molecule has 0 bridgehead atoms. The molecular weight excluding hydrogens is 612 g/mol. The van der Waals surface area contributed by atoms with Gasteiger partial charge in [-0.25, -0.2) is 0 Å². The molecule has 1 atom stereocenters. The summed E-state index contributed by atoms with van der Waals surface area (Å²) in [5.74, 6) is -1.45. The first-order chi connectivity index (χ1) is 22.8. The molecule has 1 unspecified atom stereocenters. The lowest BCUT2D eigenvalue weighted by Crippen LogP contribution is -2.30. The van der Waals surface area contributed by atoms with Crippen LogP contribution in [0.5, 0.6) is 0 Å². The Balaban J connectivity index is 1.41. The van der Waals surface area contributed by atoms with Crippen LogP contribution in [0.25, 0.3) is 6.08 Å². The lowest BCUT2D eigenvalue weighted by Gasteiger charge is -2.18. The summed E-state index contributed by atoms with van der Waals surface area (Å²) in [5, 5.41) is 19.5. The van der Waals surface area contributed by atoms with E-state index in [1.807, 2.05) is 67.6 Å². The number of amides is 3. The van der Waals surface area contributed by atoms with E-state index in [0.29, 0.717) is 21.8 Å². The molecule has 0 radical (unpaired) electrons. The number of rotatable bonds is 11. The number of nitrogens with one attached hydrogen (secondary N) is 3. The summed E-state index contributed by atoms with van der Waals surface area (Å²) in [7, 11) is 0. The third kappa shape index (κ3) is 8.80. The van der Waals surface area contributed by atoms with Crippen LogP contribution < -0.4 is 16.0 Å². The smallest absolute Gasteiger partial charge is 0.276 e. The second kappa shape index (κ2) is 15.3. The molecule has 0 aliphatic heterocycles. The van der Waals surface area contributed by atoms with Gasteiger partial charge >= 0.3 is 0 Å². The van der Waals surface area contributed by atoms with E-state index < -0.39 is 22.0 Å². The van der Waals surface area contributed by atoms with Crippen LogP contribution in [0.3, 0.4) is 0 Å². The minimum absolute atomic E-state index is 0.144. The number of aryl methyl sites for hydroxylation is 1. The summed E-state index contributed by atoms with van der Waals surface area (Å²) in [6.45, 7) is 1.95. The van der Waals surface area contributed by atoms with Gasteiger partial charge in [-0.05, 0) is 72.7 Å². The number of hydrogen-bond donors (Lipinski definition) is 3. The van der Waals surface area contributed by atoms with Gasteiger partial charge in [-0.2, -0.15) is 0 Å². The minimum atomic E-state index is -0.689. The Morgan fingerprint density at radius 1 is 0.745 bits per heavy atom. The standard InChI is InChI=1S/C37H30N4O5S/c1-25-12-10-18-29(22-25)39-37(44)34(26-13-4-2-5-14-26)47-31-20-11-19-30(24-31)38-36(43)32(40-35(42)27-15-6-3-7-16-27)23-28-17-8-9-21-33(28)41(45)46/h2-24,34H,1H3,(H,38,43)(H,39,44)(H,40,42)/b32-23+.